The second kappa shape index (κ2) is 9.88. The van der Waals surface area contributed by atoms with Gasteiger partial charge in [0.05, 0.1) is 22.0 Å². The molecule has 2 aromatic rings. The monoisotopic (exact) mass is 455 g/mol. The summed E-state index contributed by atoms with van der Waals surface area (Å²) in [6.07, 6.45) is 1.36. The number of rotatable bonds is 7. The molecule has 1 saturated heterocycles. The number of imide groups is 1. The van der Waals surface area contributed by atoms with Crippen LogP contribution in [0.3, 0.4) is 0 Å². The second-order valence-corrected chi connectivity index (χ2v) is 7.46. The number of nitrogens with zero attached hydrogens (tertiary/aromatic N) is 2. The minimum atomic E-state index is -0.667. The van der Waals surface area contributed by atoms with E-state index in [4.69, 9.17) is 4.74 Å². The normalized spacial score (nSPS) is 14.5. The van der Waals surface area contributed by atoms with Crippen LogP contribution in [-0.2, 0) is 14.3 Å². The molecule has 0 aliphatic carbocycles. The first kappa shape index (κ1) is 22.7. The van der Waals surface area contributed by atoms with E-state index in [0.29, 0.717) is 28.6 Å². The fourth-order valence-electron chi connectivity index (χ4n) is 2.76. The van der Waals surface area contributed by atoms with Crippen LogP contribution in [0.25, 0.3) is 6.08 Å². The third kappa shape index (κ3) is 5.38. The Hall–Kier alpha value is -3.99. The van der Waals surface area contributed by atoms with Crippen molar-refractivity contribution in [3.05, 3.63) is 74.7 Å². The minimum absolute atomic E-state index is 0.0575. The van der Waals surface area contributed by atoms with E-state index in [-0.39, 0.29) is 17.2 Å². The zero-order valence-electron chi connectivity index (χ0n) is 16.8. The molecule has 10 nitrogen and oxygen atoms in total. The van der Waals surface area contributed by atoms with Crippen molar-refractivity contribution in [2.45, 2.75) is 6.92 Å². The Labute approximate surface area is 186 Å². The highest BCUT2D eigenvalue weighted by molar-refractivity contribution is 8.18. The van der Waals surface area contributed by atoms with Crippen molar-refractivity contribution in [3.63, 3.8) is 0 Å². The molecule has 0 radical (unpaired) electrons. The van der Waals surface area contributed by atoms with Crippen LogP contribution in [0.4, 0.5) is 16.2 Å². The Morgan fingerprint density at radius 2 is 1.91 bits per heavy atom. The van der Waals surface area contributed by atoms with E-state index in [9.17, 15) is 29.3 Å². The Bertz CT molecular complexity index is 1130. The quantitative estimate of drug-likeness (QED) is 0.290. The van der Waals surface area contributed by atoms with Crippen molar-refractivity contribution in [2.75, 3.05) is 18.5 Å². The molecule has 1 aliphatic heterocycles. The highest BCUT2D eigenvalue weighted by Gasteiger charge is 2.36. The molecule has 164 valence electrons. The summed E-state index contributed by atoms with van der Waals surface area (Å²) >= 11 is 0.646. The number of carbonyl (C=O) groups excluding carboxylic acids is 4. The molecule has 32 heavy (non-hydrogen) atoms. The standard InChI is InChI=1S/C21H17N3O7S/c1-2-31-20(27)14-6-8-15(9-7-14)22-18(25)12-23-19(26)17(32-21(23)28)11-13-4-3-5-16(10-13)24(29)30/h3-11H,2,12H2,1H3,(H,22,25)/b17-11-. The summed E-state index contributed by atoms with van der Waals surface area (Å²) in [5.41, 5.74) is 0.936. The topological polar surface area (TPSA) is 136 Å². The van der Waals surface area contributed by atoms with Gasteiger partial charge in [0, 0.05) is 17.8 Å². The summed E-state index contributed by atoms with van der Waals surface area (Å²) in [4.78, 5) is 59.9. The van der Waals surface area contributed by atoms with Gasteiger partial charge >= 0.3 is 5.97 Å². The van der Waals surface area contributed by atoms with Gasteiger partial charge in [0.15, 0.2) is 0 Å². The highest BCUT2D eigenvalue weighted by Crippen LogP contribution is 2.32. The number of hydrogen-bond donors (Lipinski definition) is 1. The average Bonchev–Trinajstić information content (AvgIpc) is 3.02. The molecule has 0 bridgehead atoms. The SMILES string of the molecule is CCOC(=O)c1ccc(NC(=O)CN2C(=O)S/C(=C\c3cccc([N+](=O)[O-])c3)C2=O)cc1. The van der Waals surface area contributed by atoms with Crippen LogP contribution < -0.4 is 5.32 Å². The van der Waals surface area contributed by atoms with Gasteiger partial charge in [-0.2, -0.15) is 0 Å². The summed E-state index contributed by atoms with van der Waals surface area (Å²) < 4.78 is 4.88. The lowest BCUT2D eigenvalue weighted by Crippen LogP contribution is -2.36. The molecule has 0 spiro atoms. The lowest BCUT2D eigenvalue weighted by atomic mass is 10.2. The fraction of sp³-hybridized carbons (Fsp3) is 0.143. The van der Waals surface area contributed by atoms with Crippen molar-refractivity contribution >= 4 is 52.2 Å². The molecule has 2 aromatic carbocycles. The lowest BCUT2D eigenvalue weighted by Gasteiger charge is -2.12. The molecule has 0 atom stereocenters. The molecule has 1 fully saturated rings. The van der Waals surface area contributed by atoms with Gasteiger partial charge in [-0.05, 0) is 54.6 Å². The van der Waals surface area contributed by atoms with Crippen LogP contribution >= 0.6 is 11.8 Å². The van der Waals surface area contributed by atoms with Crippen molar-refractivity contribution in [2.24, 2.45) is 0 Å². The molecule has 0 unspecified atom stereocenters. The summed E-state index contributed by atoms with van der Waals surface area (Å²) in [5.74, 6) is -1.76. The number of ether oxygens (including phenoxy) is 1. The molecule has 3 amide bonds. The maximum atomic E-state index is 12.6. The van der Waals surface area contributed by atoms with Crippen LogP contribution in [0, 0.1) is 10.1 Å². The van der Waals surface area contributed by atoms with E-state index in [1.54, 1.807) is 13.0 Å². The van der Waals surface area contributed by atoms with Crippen LogP contribution in [0.5, 0.6) is 0 Å². The van der Waals surface area contributed by atoms with Crippen molar-refractivity contribution in [1.82, 2.24) is 4.90 Å². The number of benzene rings is 2. The third-order valence-electron chi connectivity index (χ3n) is 4.23. The van der Waals surface area contributed by atoms with Gasteiger partial charge in [0.2, 0.25) is 5.91 Å². The number of non-ortho nitro benzene ring substituents is 1. The van der Waals surface area contributed by atoms with Crippen LogP contribution in [0.2, 0.25) is 0 Å². The van der Waals surface area contributed by atoms with E-state index in [1.807, 2.05) is 0 Å². The second-order valence-electron chi connectivity index (χ2n) is 6.47. The predicted octanol–water partition coefficient (Wildman–Crippen LogP) is 3.45. The number of amides is 3. The molecule has 0 saturated carbocycles. The van der Waals surface area contributed by atoms with Gasteiger partial charge in [0.1, 0.15) is 6.54 Å². The van der Waals surface area contributed by atoms with Gasteiger partial charge in [-0.15, -0.1) is 0 Å². The van der Waals surface area contributed by atoms with Crippen LogP contribution in [-0.4, -0.2) is 46.0 Å². The number of esters is 1. The van der Waals surface area contributed by atoms with Gasteiger partial charge in [-0.1, -0.05) is 12.1 Å². The summed E-state index contributed by atoms with van der Waals surface area (Å²) in [6.45, 7) is 1.43. The fourth-order valence-corrected chi connectivity index (χ4v) is 3.60. The van der Waals surface area contributed by atoms with Crippen molar-refractivity contribution in [1.29, 1.82) is 0 Å². The zero-order chi connectivity index (χ0) is 23.3. The van der Waals surface area contributed by atoms with Gasteiger partial charge in [0.25, 0.3) is 16.8 Å². The van der Waals surface area contributed by atoms with Crippen molar-refractivity contribution in [3.8, 4) is 0 Å². The third-order valence-corrected chi connectivity index (χ3v) is 5.14. The largest absolute Gasteiger partial charge is 0.462 e. The number of nitro benzene ring substituents is 1. The van der Waals surface area contributed by atoms with E-state index < -0.39 is 34.5 Å². The first-order valence-corrected chi connectivity index (χ1v) is 10.2. The maximum absolute atomic E-state index is 12.6. The van der Waals surface area contributed by atoms with E-state index in [2.05, 4.69) is 5.32 Å². The number of carbonyl (C=O) groups is 4. The highest BCUT2D eigenvalue weighted by atomic mass is 32.2. The first-order chi connectivity index (χ1) is 15.3. The number of thioether (sulfide) groups is 1. The zero-order valence-corrected chi connectivity index (χ0v) is 17.6. The maximum Gasteiger partial charge on any atom is 0.338 e. The number of hydrogen-bond acceptors (Lipinski definition) is 8. The Morgan fingerprint density at radius 1 is 1.19 bits per heavy atom. The smallest absolute Gasteiger partial charge is 0.338 e. The summed E-state index contributed by atoms with van der Waals surface area (Å²) in [6, 6.07) is 11.6. The molecule has 3 rings (SSSR count). The van der Waals surface area contributed by atoms with Crippen molar-refractivity contribution < 1.29 is 28.8 Å². The van der Waals surface area contributed by atoms with E-state index in [0.717, 1.165) is 4.90 Å². The number of nitrogens with one attached hydrogen (secondary N) is 1. The number of nitro groups is 1. The molecule has 1 aliphatic rings. The minimum Gasteiger partial charge on any atom is -0.462 e. The van der Waals surface area contributed by atoms with Gasteiger partial charge in [-0.25, -0.2) is 4.79 Å². The molecule has 0 aromatic heterocycles. The summed E-state index contributed by atoms with van der Waals surface area (Å²) in [7, 11) is 0. The Balaban J connectivity index is 1.65. The molecule has 11 heteroatoms. The molecule has 1 heterocycles. The Morgan fingerprint density at radius 3 is 2.56 bits per heavy atom. The van der Waals surface area contributed by atoms with E-state index >= 15 is 0 Å². The van der Waals surface area contributed by atoms with Crippen LogP contribution in [0.15, 0.2) is 53.4 Å². The molecule has 1 N–H and O–H groups in total. The van der Waals surface area contributed by atoms with Gasteiger partial charge < -0.3 is 10.1 Å². The van der Waals surface area contributed by atoms with Crippen LogP contribution in [0.1, 0.15) is 22.8 Å². The first-order valence-electron chi connectivity index (χ1n) is 9.35. The lowest BCUT2D eigenvalue weighted by molar-refractivity contribution is -0.384. The predicted molar refractivity (Wildman–Crippen MR) is 117 cm³/mol. The molecular formula is C21H17N3O7S. The number of anilines is 1. The Kier molecular flexibility index (Phi) is 7.00. The van der Waals surface area contributed by atoms with Gasteiger partial charge in [-0.3, -0.25) is 29.4 Å². The molecular weight excluding hydrogens is 438 g/mol. The summed E-state index contributed by atoms with van der Waals surface area (Å²) in [5, 5.41) is 12.8. The van der Waals surface area contributed by atoms with E-state index in [1.165, 1.54) is 48.5 Å². The average molecular weight is 455 g/mol.